The summed E-state index contributed by atoms with van der Waals surface area (Å²) in [5.74, 6) is 0.726. The Morgan fingerprint density at radius 1 is 1.14 bits per heavy atom. The molecule has 1 radical (unpaired) electrons. The van der Waals surface area contributed by atoms with Crippen molar-refractivity contribution in [3.63, 3.8) is 0 Å². The van der Waals surface area contributed by atoms with Gasteiger partial charge >= 0.3 is 0 Å². The lowest BCUT2D eigenvalue weighted by Gasteiger charge is -2.23. The highest BCUT2D eigenvalue weighted by molar-refractivity contribution is 5.37. The summed E-state index contributed by atoms with van der Waals surface area (Å²) in [4.78, 5) is 0. The Morgan fingerprint density at radius 3 is 2.71 bits per heavy atom. The zero-order valence-corrected chi connectivity index (χ0v) is 9.22. The number of hydrogen-bond acceptors (Lipinski definition) is 0. The second-order valence-electron chi connectivity index (χ2n) is 4.42. The number of aryl methyl sites for hydroxylation is 1. The lowest BCUT2D eigenvalue weighted by molar-refractivity contribution is 0.532. The molecule has 0 spiro atoms. The largest absolute Gasteiger partial charge is 0.0617 e. The third kappa shape index (κ3) is 1.84. The van der Waals surface area contributed by atoms with Crippen LogP contribution in [0.4, 0.5) is 0 Å². The van der Waals surface area contributed by atoms with Crippen molar-refractivity contribution < 1.29 is 0 Å². The van der Waals surface area contributed by atoms with E-state index in [9.17, 15) is 0 Å². The van der Waals surface area contributed by atoms with Crippen molar-refractivity contribution in [2.45, 2.75) is 45.4 Å². The third-order valence-corrected chi connectivity index (χ3v) is 3.47. The first-order valence-electron chi connectivity index (χ1n) is 5.68. The molecule has 0 aliphatic heterocycles. The fraction of sp³-hybridized carbons (Fsp3) is 0.500. The van der Waals surface area contributed by atoms with Gasteiger partial charge < -0.3 is 0 Å². The van der Waals surface area contributed by atoms with Crippen molar-refractivity contribution in [1.82, 2.24) is 0 Å². The maximum Gasteiger partial charge on any atom is -0.0128 e. The van der Waals surface area contributed by atoms with Gasteiger partial charge in [-0.15, -0.1) is 0 Å². The average Bonchev–Trinajstić information content (AvgIpc) is 2.23. The van der Waals surface area contributed by atoms with Crippen LogP contribution < -0.4 is 0 Å². The van der Waals surface area contributed by atoms with E-state index in [2.05, 4.69) is 38.5 Å². The Bertz CT molecular complexity index is 306. The van der Waals surface area contributed by atoms with Gasteiger partial charge in [-0.25, -0.2) is 0 Å². The summed E-state index contributed by atoms with van der Waals surface area (Å²) in [5.41, 5.74) is 4.49. The van der Waals surface area contributed by atoms with E-state index >= 15 is 0 Å². The highest BCUT2D eigenvalue weighted by atomic mass is 14.2. The van der Waals surface area contributed by atoms with E-state index in [1.165, 1.54) is 36.8 Å². The van der Waals surface area contributed by atoms with Crippen LogP contribution in [0.3, 0.4) is 0 Å². The third-order valence-electron chi connectivity index (χ3n) is 3.47. The number of benzene rings is 1. The molecule has 0 aromatic heterocycles. The van der Waals surface area contributed by atoms with Gasteiger partial charge in [0.25, 0.3) is 0 Å². The van der Waals surface area contributed by atoms with E-state index in [0.29, 0.717) is 0 Å². The first-order valence-corrected chi connectivity index (χ1v) is 5.68. The van der Waals surface area contributed by atoms with Crippen LogP contribution in [0.5, 0.6) is 0 Å². The normalized spacial score (nSPS) is 18.4. The summed E-state index contributed by atoms with van der Waals surface area (Å²) in [6.45, 7) is 4.47. The van der Waals surface area contributed by atoms with Gasteiger partial charge in [0.05, 0.1) is 0 Å². The van der Waals surface area contributed by atoms with Crippen LogP contribution in [0.2, 0.25) is 0 Å². The van der Waals surface area contributed by atoms with E-state index in [4.69, 9.17) is 0 Å². The van der Waals surface area contributed by atoms with Crippen molar-refractivity contribution in [1.29, 1.82) is 0 Å². The van der Waals surface area contributed by atoms with Gasteiger partial charge in [-0.1, -0.05) is 31.0 Å². The van der Waals surface area contributed by atoms with Crippen LogP contribution >= 0.6 is 0 Å². The standard InChI is InChI=1S/C14H19/c1-11-7-6-10-14(12(11)2)13-8-4-3-5-9-13/h6-8,10,13H,3-5,9H2,1-2H3. The predicted octanol–water partition coefficient (Wildman–Crippen LogP) is 4.17. The van der Waals surface area contributed by atoms with E-state index < -0.39 is 0 Å². The zero-order chi connectivity index (χ0) is 9.97. The summed E-state index contributed by atoms with van der Waals surface area (Å²) in [6, 6.07) is 6.70. The molecule has 0 bridgehead atoms. The van der Waals surface area contributed by atoms with Gasteiger partial charge in [0.15, 0.2) is 0 Å². The monoisotopic (exact) mass is 187 g/mol. The highest BCUT2D eigenvalue weighted by Gasteiger charge is 2.17. The topological polar surface area (TPSA) is 0 Å². The predicted molar refractivity (Wildman–Crippen MR) is 61.4 cm³/mol. The van der Waals surface area contributed by atoms with E-state index in [0.717, 1.165) is 5.92 Å². The molecule has 14 heavy (non-hydrogen) atoms. The minimum atomic E-state index is 0.726. The fourth-order valence-corrected chi connectivity index (χ4v) is 2.40. The first kappa shape index (κ1) is 9.76. The first-order chi connectivity index (χ1) is 6.79. The van der Waals surface area contributed by atoms with Crippen molar-refractivity contribution in [2.75, 3.05) is 0 Å². The molecule has 0 heteroatoms. The van der Waals surface area contributed by atoms with Crippen molar-refractivity contribution in [3.05, 3.63) is 41.3 Å². The second-order valence-corrected chi connectivity index (χ2v) is 4.42. The molecular formula is C14H19. The molecule has 1 fully saturated rings. The molecule has 0 nitrogen and oxygen atoms in total. The van der Waals surface area contributed by atoms with Crippen LogP contribution in [0.1, 0.15) is 48.3 Å². The Hall–Kier alpha value is -0.780. The van der Waals surface area contributed by atoms with Gasteiger partial charge in [-0.05, 0) is 55.7 Å². The molecule has 1 aromatic rings. The van der Waals surface area contributed by atoms with Crippen LogP contribution in [0.25, 0.3) is 0 Å². The molecule has 1 saturated carbocycles. The minimum Gasteiger partial charge on any atom is -0.0617 e. The lowest BCUT2D eigenvalue weighted by atomic mass is 9.81. The highest BCUT2D eigenvalue weighted by Crippen LogP contribution is 2.34. The summed E-state index contributed by atoms with van der Waals surface area (Å²) in [5, 5.41) is 0. The summed E-state index contributed by atoms with van der Waals surface area (Å²) < 4.78 is 0. The maximum absolute atomic E-state index is 2.51. The quantitative estimate of drug-likeness (QED) is 0.619. The van der Waals surface area contributed by atoms with Gasteiger partial charge in [0, 0.05) is 0 Å². The van der Waals surface area contributed by atoms with Gasteiger partial charge in [-0.3, -0.25) is 0 Å². The van der Waals surface area contributed by atoms with Gasteiger partial charge in [0.1, 0.15) is 0 Å². The van der Waals surface area contributed by atoms with Crippen molar-refractivity contribution in [2.24, 2.45) is 0 Å². The van der Waals surface area contributed by atoms with Gasteiger partial charge in [-0.2, -0.15) is 0 Å². The van der Waals surface area contributed by atoms with E-state index in [1.807, 2.05) is 0 Å². The average molecular weight is 187 g/mol. The molecule has 0 N–H and O–H groups in total. The fourth-order valence-electron chi connectivity index (χ4n) is 2.40. The van der Waals surface area contributed by atoms with Gasteiger partial charge in [0.2, 0.25) is 0 Å². The molecule has 0 heterocycles. The Kier molecular flexibility index (Phi) is 2.90. The van der Waals surface area contributed by atoms with Crippen LogP contribution in [0.15, 0.2) is 18.2 Å². The van der Waals surface area contributed by atoms with Crippen molar-refractivity contribution >= 4 is 0 Å². The Balaban J connectivity index is 2.26. The van der Waals surface area contributed by atoms with Crippen molar-refractivity contribution in [3.8, 4) is 0 Å². The van der Waals surface area contributed by atoms with Crippen LogP contribution in [0, 0.1) is 20.3 Å². The lowest BCUT2D eigenvalue weighted by Crippen LogP contribution is -2.07. The molecule has 1 aliphatic carbocycles. The van der Waals surface area contributed by atoms with E-state index in [-0.39, 0.29) is 0 Å². The second kappa shape index (κ2) is 4.16. The number of hydrogen-bond donors (Lipinski definition) is 0. The maximum atomic E-state index is 2.51. The Labute approximate surface area is 87.3 Å². The smallest absolute Gasteiger partial charge is 0.0128 e. The summed E-state index contributed by atoms with van der Waals surface area (Å²) in [7, 11) is 0. The zero-order valence-electron chi connectivity index (χ0n) is 9.22. The molecule has 0 saturated heterocycles. The molecule has 1 aromatic carbocycles. The molecule has 1 unspecified atom stereocenters. The van der Waals surface area contributed by atoms with Crippen LogP contribution in [-0.2, 0) is 0 Å². The molecule has 1 atom stereocenters. The minimum absolute atomic E-state index is 0.726. The van der Waals surface area contributed by atoms with E-state index in [1.54, 1.807) is 5.56 Å². The summed E-state index contributed by atoms with van der Waals surface area (Å²) in [6.07, 6.45) is 7.95. The molecule has 1 aliphatic rings. The number of rotatable bonds is 1. The SMILES string of the molecule is Cc1cccc(C2[CH]CCCC2)c1C. The Morgan fingerprint density at radius 2 is 2.00 bits per heavy atom. The molecular weight excluding hydrogens is 168 g/mol. The molecule has 75 valence electrons. The molecule has 0 amide bonds. The molecule has 2 rings (SSSR count). The van der Waals surface area contributed by atoms with Crippen LogP contribution in [-0.4, -0.2) is 0 Å². The summed E-state index contributed by atoms with van der Waals surface area (Å²) >= 11 is 0.